The number of hydrogen-bond acceptors (Lipinski definition) is 7. The highest BCUT2D eigenvalue weighted by atomic mass is 32.2. The molecule has 34 heavy (non-hydrogen) atoms. The van der Waals surface area contributed by atoms with Crippen LogP contribution in [0.15, 0.2) is 36.5 Å². The number of rotatable bonds is 6. The van der Waals surface area contributed by atoms with Gasteiger partial charge in [0.2, 0.25) is 0 Å². The standard InChI is InChI=1S/C21H28N6O6S/c1-2-33-20(28)19-6-7-27(23-19)18-5-3-4-17(16-18)22-21(29)24-8-10-25(11-9-24)34(30,31)26-12-14-32-15-13-26/h3-7,16H,2,8-15H2,1H3,(H,22,29). The van der Waals surface area contributed by atoms with Crippen LogP contribution >= 0.6 is 0 Å². The lowest BCUT2D eigenvalue weighted by Gasteiger charge is -2.37. The van der Waals surface area contributed by atoms with Crippen molar-refractivity contribution in [2.24, 2.45) is 0 Å². The minimum Gasteiger partial charge on any atom is -0.461 e. The molecular weight excluding hydrogens is 464 g/mol. The fourth-order valence-corrected chi connectivity index (χ4v) is 5.33. The molecule has 2 saturated heterocycles. The van der Waals surface area contributed by atoms with E-state index in [9.17, 15) is 18.0 Å². The lowest BCUT2D eigenvalue weighted by Crippen LogP contribution is -2.56. The Labute approximate surface area is 198 Å². The van der Waals surface area contributed by atoms with E-state index in [1.54, 1.807) is 48.4 Å². The topological polar surface area (TPSA) is 126 Å². The van der Waals surface area contributed by atoms with Crippen molar-refractivity contribution in [1.82, 2.24) is 23.3 Å². The third-order valence-corrected chi connectivity index (χ3v) is 7.62. The van der Waals surface area contributed by atoms with Crippen LogP contribution in [-0.4, -0.2) is 103 Å². The van der Waals surface area contributed by atoms with Crippen LogP contribution in [0, 0.1) is 0 Å². The van der Waals surface area contributed by atoms with Gasteiger partial charge in [0, 0.05) is 51.2 Å². The molecule has 0 radical (unpaired) electrons. The van der Waals surface area contributed by atoms with Crippen LogP contribution in [0.5, 0.6) is 0 Å². The highest BCUT2D eigenvalue weighted by Crippen LogP contribution is 2.18. The molecule has 184 valence electrons. The number of anilines is 1. The third-order valence-electron chi connectivity index (χ3n) is 5.58. The summed E-state index contributed by atoms with van der Waals surface area (Å²) in [6.07, 6.45) is 1.64. The van der Waals surface area contributed by atoms with Gasteiger partial charge in [-0.1, -0.05) is 6.07 Å². The van der Waals surface area contributed by atoms with Gasteiger partial charge in [-0.3, -0.25) is 0 Å². The van der Waals surface area contributed by atoms with Gasteiger partial charge in [-0.15, -0.1) is 0 Å². The van der Waals surface area contributed by atoms with Crippen molar-refractivity contribution >= 4 is 27.9 Å². The third kappa shape index (κ3) is 5.38. The Morgan fingerprint density at radius 1 is 1.06 bits per heavy atom. The summed E-state index contributed by atoms with van der Waals surface area (Å²) >= 11 is 0. The number of carbonyl (C=O) groups is 2. The Morgan fingerprint density at radius 2 is 1.76 bits per heavy atom. The van der Waals surface area contributed by atoms with Crippen molar-refractivity contribution in [1.29, 1.82) is 0 Å². The van der Waals surface area contributed by atoms with Crippen LogP contribution in [0.2, 0.25) is 0 Å². The first-order valence-corrected chi connectivity index (χ1v) is 12.5. The van der Waals surface area contributed by atoms with Crippen LogP contribution < -0.4 is 5.32 Å². The van der Waals surface area contributed by atoms with E-state index >= 15 is 0 Å². The highest BCUT2D eigenvalue weighted by molar-refractivity contribution is 7.86. The van der Waals surface area contributed by atoms with Gasteiger partial charge in [0.25, 0.3) is 10.2 Å². The van der Waals surface area contributed by atoms with Crippen molar-refractivity contribution in [3.63, 3.8) is 0 Å². The van der Waals surface area contributed by atoms with Gasteiger partial charge >= 0.3 is 12.0 Å². The van der Waals surface area contributed by atoms with E-state index in [1.165, 1.54) is 13.3 Å². The Bertz CT molecular complexity index is 1120. The van der Waals surface area contributed by atoms with Crippen LogP contribution in [0.25, 0.3) is 5.69 Å². The predicted molar refractivity (Wildman–Crippen MR) is 123 cm³/mol. The van der Waals surface area contributed by atoms with Crippen LogP contribution in [0.4, 0.5) is 10.5 Å². The van der Waals surface area contributed by atoms with E-state index in [1.807, 2.05) is 0 Å². The van der Waals surface area contributed by atoms with Gasteiger partial charge in [0.15, 0.2) is 5.69 Å². The molecule has 0 saturated carbocycles. The minimum absolute atomic E-state index is 0.196. The first-order chi connectivity index (χ1) is 16.4. The highest BCUT2D eigenvalue weighted by Gasteiger charge is 2.34. The molecule has 13 heteroatoms. The van der Waals surface area contributed by atoms with Gasteiger partial charge in [-0.05, 0) is 31.2 Å². The first-order valence-electron chi connectivity index (χ1n) is 11.1. The zero-order valence-corrected chi connectivity index (χ0v) is 19.7. The number of amides is 2. The number of carbonyl (C=O) groups excluding carboxylic acids is 2. The van der Waals surface area contributed by atoms with E-state index in [0.29, 0.717) is 37.7 Å². The summed E-state index contributed by atoms with van der Waals surface area (Å²) in [5, 5.41) is 7.07. The quantitative estimate of drug-likeness (QED) is 0.591. The summed E-state index contributed by atoms with van der Waals surface area (Å²) in [5.74, 6) is -0.500. The Balaban J connectivity index is 1.34. The zero-order valence-electron chi connectivity index (χ0n) is 18.9. The van der Waals surface area contributed by atoms with Crippen molar-refractivity contribution in [3.8, 4) is 5.69 Å². The zero-order chi connectivity index (χ0) is 24.1. The van der Waals surface area contributed by atoms with E-state index in [-0.39, 0.29) is 44.5 Å². The number of nitrogens with one attached hydrogen (secondary N) is 1. The van der Waals surface area contributed by atoms with Crippen LogP contribution in [0.3, 0.4) is 0 Å². The second-order valence-corrected chi connectivity index (χ2v) is 9.68. The largest absolute Gasteiger partial charge is 0.461 e. The number of esters is 1. The number of morpholine rings is 1. The molecule has 0 spiro atoms. The molecule has 2 fully saturated rings. The monoisotopic (exact) mass is 492 g/mol. The summed E-state index contributed by atoms with van der Waals surface area (Å²) in [4.78, 5) is 26.2. The summed E-state index contributed by atoms with van der Waals surface area (Å²) in [5.41, 5.74) is 1.41. The van der Waals surface area contributed by atoms with Gasteiger partial charge in [0.05, 0.1) is 25.5 Å². The SMILES string of the molecule is CCOC(=O)c1ccn(-c2cccc(NC(=O)N3CCN(S(=O)(=O)N4CCOCC4)CC3)c2)n1. The average molecular weight is 493 g/mol. The summed E-state index contributed by atoms with van der Waals surface area (Å²) < 4.78 is 40.2. The van der Waals surface area contributed by atoms with Gasteiger partial charge in [0.1, 0.15) is 0 Å². The number of ether oxygens (including phenoxy) is 2. The Morgan fingerprint density at radius 3 is 2.47 bits per heavy atom. The lowest BCUT2D eigenvalue weighted by atomic mass is 10.3. The average Bonchev–Trinajstić information content (AvgIpc) is 3.36. The van der Waals surface area contributed by atoms with Crippen molar-refractivity contribution in [2.45, 2.75) is 6.92 Å². The van der Waals surface area contributed by atoms with Crippen molar-refractivity contribution in [3.05, 3.63) is 42.2 Å². The normalized spacial score (nSPS) is 18.0. The molecule has 0 bridgehead atoms. The number of piperazine rings is 1. The molecule has 0 aliphatic carbocycles. The molecule has 4 rings (SSSR count). The molecular formula is C21H28N6O6S. The number of benzene rings is 1. The molecule has 3 heterocycles. The molecule has 1 N–H and O–H groups in total. The van der Waals surface area contributed by atoms with Crippen LogP contribution in [-0.2, 0) is 19.7 Å². The minimum atomic E-state index is -3.55. The first kappa shape index (κ1) is 24.1. The molecule has 1 aromatic heterocycles. The predicted octanol–water partition coefficient (Wildman–Crippen LogP) is 0.776. The van der Waals surface area contributed by atoms with Gasteiger partial charge in [-0.2, -0.15) is 22.1 Å². The summed E-state index contributed by atoms with van der Waals surface area (Å²) in [6, 6.07) is 8.30. The molecule has 1 aromatic carbocycles. The molecule has 0 unspecified atom stereocenters. The molecule has 12 nitrogen and oxygen atoms in total. The number of urea groups is 1. The van der Waals surface area contributed by atoms with E-state index in [0.717, 1.165) is 0 Å². The second-order valence-electron chi connectivity index (χ2n) is 7.75. The van der Waals surface area contributed by atoms with E-state index in [2.05, 4.69) is 10.4 Å². The van der Waals surface area contributed by atoms with Crippen molar-refractivity contribution < 1.29 is 27.5 Å². The molecule has 2 amide bonds. The Kier molecular flexibility index (Phi) is 7.46. The van der Waals surface area contributed by atoms with Crippen molar-refractivity contribution in [2.75, 3.05) is 64.4 Å². The van der Waals surface area contributed by atoms with Gasteiger partial charge in [-0.25, -0.2) is 14.3 Å². The smallest absolute Gasteiger partial charge is 0.358 e. The number of nitrogens with zero attached hydrogens (tertiary/aromatic N) is 5. The maximum absolute atomic E-state index is 12.8. The summed E-state index contributed by atoms with van der Waals surface area (Å²) in [6.45, 7) is 4.51. The number of aromatic nitrogens is 2. The van der Waals surface area contributed by atoms with Gasteiger partial charge < -0.3 is 19.7 Å². The molecule has 2 aromatic rings. The number of hydrogen-bond donors (Lipinski definition) is 1. The Hall–Kier alpha value is -3.00. The molecule has 2 aliphatic heterocycles. The fraction of sp³-hybridized carbons (Fsp3) is 0.476. The fourth-order valence-electron chi connectivity index (χ4n) is 3.77. The van der Waals surface area contributed by atoms with E-state index in [4.69, 9.17) is 9.47 Å². The summed E-state index contributed by atoms with van der Waals surface area (Å²) in [7, 11) is -3.55. The molecule has 2 aliphatic rings. The van der Waals surface area contributed by atoms with E-state index < -0.39 is 16.2 Å². The maximum atomic E-state index is 12.8. The lowest BCUT2D eigenvalue weighted by molar-refractivity contribution is 0.0519. The second kappa shape index (κ2) is 10.5. The maximum Gasteiger partial charge on any atom is 0.358 e. The molecule has 0 atom stereocenters. The van der Waals surface area contributed by atoms with Crippen LogP contribution in [0.1, 0.15) is 17.4 Å².